The third kappa shape index (κ3) is 2.46. The van der Waals surface area contributed by atoms with Crippen molar-refractivity contribution in [3.05, 3.63) is 91.5 Å². The molecule has 0 bridgehead atoms. The van der Waals surface area contributed by atoms with E-state index in [2.05, 4.69) is 57.8 Å². The molecule has 4 aromatic rings. The van der Waals surface area contributed by atoms with Crippen molar-refractivity contribution in [3.63, 3.8) is 0 Å². The summed E-state index contributed by atoms with van der Waals surface area (Å²) in [6, 6.07) is 17.0. The van der Waals surface area contributed by atoms with Gasteiger partial charge in [0.15, 0.2) is 0 Å². The van der Waals surface area contributed by atoms with E-state index in [4.69, 9.17) is 0 Å². The predicted octanol–water partition coefficient (Wildman–Crippen LogP) is 4.61. The van der Waals surface area contributed by atoms with Crippen LogP contribution in [0.4, 0.5) is 0 Å². The van der Waals surface area contributed by atoms with Crippen LogP contribution in [0.2, 0.25) is 0 Å². The van der Waals surface area contributed by atoms with Gasteiger partial charge in [0.2, 0.25) is 0 Å². The van der Waals surface area contributed by atoms with E-state index in [0.29, 0.717) is 0 Å². The van der Waals surface area contributed by atoms with Crippen molar-refractivity contribution in [1.82, 2.24) is 9.97 Å². The van der Waals surface area contributed by atoms with E-state index in [9.17, 15) is 4.79 Å². The van der Waals surface area contributed by atoms with E-state index >= 15 is 0 Å². The van der Waals surface area contributed by atoms with Gasteiger partial charge in [-0.2, -0.15) is 0 Å². The maximum atomic E-state index is 11.5. The van der Waals surface area contributed by atoms with Crippen LogP contribution >= 0.6 is 11.3 Å². The average molecular weight is 344 g/mol. The Bertz CT molecular complexity index is 1180. The smallest absolute Gasteiger partial charge is 0.306 e. The quantitative estimate of drug-likeness (QED) is 0.521. The normalized spacial score (nSPS) is 15.1. The van der Waals surface area contributed by atoms with Gasteiger partial charge in [0, 0.05) is 10.5 Å². The summed E-state index contributed by atoms with van der Waals surface area (Å²) in [5.41, 5.74) is 8.01. The number of H-pyrrole nitrogens is 2. The van der Waals surface area contributed by atoms with Crippen molar-refractivity contribution >= 4 is 34.0 Å². The maximum absolute atomic E-state index is 11.5. The van der Waals surface area contributed by atoms with Gasteiger partial charge in [-0.25, -0.2) is 4.79 Å². The molecule has 1 aliphatic carbocycles. The number of nitrogens with one attached hydrogen (secondary N) is 2. The van der Waals surface area contributed by atoms with Gasteiger partial charge in [0.05, 0.1) is 11.0 Å². The number of aromatic amines is 2. The first-order chi connectivity index (χ1) is 12.3. The molecule has 3 nitrogen and oxygen atoms in total. The number of aryl methyl sites for hydroxylation is 2. The van der Waals surface area contributed by atoms with E-state index in [1.165, 1.54) is 27.1 Å². The van der Waals surface area contributed by atoms with Crippen molar-refractivity contribution < 1.29 is 0 Å². The minimum Gasteiger partial charge on any atom is -0.306 e. The zero-order valence-electron chi connectivity index (χ0n) is 13.5. The summed E-state index contributed by atoms with van der Waals surface area (Å²) in [5, 5.41) is 2.18. The third-order valence-corrected chi connectivity index (χ3v) is 5.80. The number of fused-ring (bicyclic) bond motifs is 3. The highest BCUT2D eigenvalue weighted by atomic mass is 32.1. The molecule has 0 atom stereocenters. The molecule has 4 heteroatoms. The van der Waals surface area contributed by atoms with E-state index in [0.717, 1.165) is 29.4 Å². The number of benzene rings is 2. The molecule has 25 heavy (non-hydrogen) atoms. The fraction of sp³-hybridized carbons (Fsp3) is 0.0952. The molecule has 0 saturated heterocycles. The fourth-order valence-electron chi connectivity index (χ4n) is 3.61. The van der Waals surface area contributed by atoms with Crippen LogP contribution in [0.1, 0.15) is 27.1 Å². The summed E-state index contributed by atoms with van der Waals surface area (Å²) in [7, 11) is 0. The molecular formula is C21H16N2OS. The second kappa shape index (κ2) is 5.60. The van der Waals surface area contributed by atoms with Gasteiger partial charge < -0.3 is 9.97 Å². The number of imidazole rings is 1. The van der Waals surface area contributed by atoms with Crippen molar-refractivity contribution in [2.45, 2.75) is 12.8 Å². The zero-order valence-corrected chi connectivity index (χ0v) is 14.3. The highest BCUT2D eigenvalue weighted by molar-refractivity contribution is 7.11. The lowest BCUT2D eigenvalue weighted by Gasteiger charge is -2.09. The van der Waals surface area contributed by atoms with Crippen molar-refractivity contribution in [1.29, 1.82) is 0 Å². The molecule has 2 heterocycles. The van der Waals surface area contributed by atoms with Gasteiger partial charge in [0.25, 0.3) is 0 Å². The molecule has 0 radical (unpaired) electrons. The minimum atomic E-state index is -0.167. The molecule has 122 valence electrons. The Morgan fingerprint density at radius 3 is 2.72 bits per heavy atom. The zero-order chi connectivity index (χ0) is 16.8. The van der Waals surface area contributed by atoms with Gasteiger partial charge in [-0.15, -0.1) is 11.3 Å². The Morgan fingerprint density at radius 2 is 1.76 bits per heavy atom. The van der Waals surface area contributed by atoms with Crippen LogP contribution in [0.3, 0.4) is 0 Å². The molecule has 0 saturated carbocycles. The Balaban J connectivity index is 1.74. The standard InChI is InChI=1S/C21H16N2OS/c24-21-22-18-8-5-13(12-19(18)23-21)11-17-16-4-2-1-3-14(16)6-7-15-9-10-25-20(15)17/h1-5,8-12H,6-7H2,(H2,22,23,24)/b17-11+. The van der Waals surface area contributed by atoms with Crippen LogP contribution in [0.25, 0.3) is 22.7 Å². The Labute approximate surface area is 148 Å². The third-order valence-electron chi connectivity index (χ3n) is 4.81. The number of hydrogen-bond acceptors (Lipinski definition) is 2. The highest BCUT2D eigenvalue weighted by Crippen LogP contribution is 2.38. The number of thiophene rings is 1. The van der Waals surface area contributed by atoms with Crippen LogP contribution in [-0.2, 0) is 12.8 Å². The summed E-state index contributed by atoms with van der Waals surface area (Å²) in [6.07, 6.45) is 4.39. The molecule has 0 amide bonds. The monoisotopic (exact) mass is 344 g/mol. The molecule has 2 aromatic heterocycles. The largest absolute Gasteiger partial charge is 0.323 e. The first-order valence-corrected chi connectivity index (χ1v) is 9.25. The topological polar surface area (TPSA) is 48.6 Å². The van der Waals surface area contributed by atoms with Crippen LogP contribution in [0, 0.1) is 0 Å². The van der Waals surface area contributed by atoms with E-state index in [1.54, 1.807) is 11.3 Å². The SMILES string of the molecule is O=c1[nH]c2ccc(/C=C3\c4ccccc4CCc4ccsc43)cc2[nH]1. The van der Waals surface area contributed by atoms with Crippen LogP contribution in [-0.4, -0.2) is 9.97 Å². The Hall–Kier alpha value is -2.85. The highest BCUT2D eigenvalue weighted by Gasteiger charge is 2.19. The van der Waals surface area contributed by atoms with Crippen LogP contribution in [0.5, 0.6) is 0 Å². The first kappa shape index (κ1) is 14.5. The number of rotatable bonds is 1. The Morgan fingerprint density at radius 1 is 0.920 bits per heavy atom. The van der Waals surface area contributed by atoms with Crippen LogP contribution in [0.15, 0.2) is 58.7 Å². The summed E-state index contributed by atoms with van der Waals surface area (Å²) >= 11 is 1.81. The molecule has 0 spiro atoms. The van der Waals surface area contributed by atoms with Gasteiger partial charge in [-0.05, 0) is 64.8 Å². The van der Waals surface area contributed by atoms with Gasteiger partial charge in [-0.1, -0.05) is 30.3 Å². The molecule has 0 unspecified atom stereocenters. The summed E-state index contributed by atoms with van der Waals surface area (Å²) in [5.74, 6) is 0. The van der Waals surface area contributed by atoms with Crippen molar-refractivity contribution in [2.24, 2.45) is 0 Å². The predicted molar refractivity (Wildman–Crippen MR) is 104 cm³/mol. The molecular weight excluding hydrogens is 328 g/mol. The lowest BCUT2D eigenvalue weighted by atomic mass is 9.97. The fourth-order valence-corrected chi connectivity index (χ4v) is 4.60. The van der Waals surface area contributed by atoms with E-state index in [1.807, 2.05) is 12.1 Å². The van der Waals surface area contributed by atoms with Gasteiger partial charge in [0.1, 0.15) is 0 Å². The molecule has 0 aliphatic heterocycles. The molecule has 5 rings (SSSR count). The number of hydrogen-bond donors (Lipinski definition) is 2. The summed E-state index contributed by atoms with van der Waals surface area (Å²) < 4.78 is 0. The second-order valence-electron chi connectivity index (χ2n) is 6.37. The van der Waals surface area contributed by atoms with E-state index < -0.39 is 0 Å². The Kier molecular flexibility index (Phi) is 3.25. The first-order valence-electron chi connectivity index (χ1n) is 8.37. The van der Waals surface area contributed by atoms with Crippen molar-refractivity contribution in [2.75, 3.05) is 0 Å². The molecule has 0 fully saturated rings. The maximum Gasteiger partial charge on any atom is 0.323 e. The minimum absolute atomic E-state index is 0.167. The lowest BCUT2D eigenvalue weighted by molar-refractivity contribution is 0.970. The van der Waals surface area contributed by atoms with Gasteiger partial charge >= 0.3 is 5.69 Å². The average Bonchev–Trinajstić information content (AvgIpc) is 3.20. The number of aromatic nitrogens is 2. The second-order valence-corrected chi connectivity index (χ2v) is 7.29. The molecule has 1 aliphatic rings. The summed E-state index contributed by atoms with van der Waals surface area (Å²) in [6.45, 7) is 0. The molecule has 2 N–H and O–H groups in total. The van der Waals surface area contributed by atoms with Crippen molar-refractivity contribution in [3.8, 4) is 0 Å². The summed E-state index contributed by atoms with van der Waals surface area (Å²) in [4.78, 5) is 18.5. The molecule has 2 aromatic carbocycles. The lowest BCUT2D eigenvalue weighted by Crippen LogP contribution is -1.99. The van der Waals surface area contributed by atoms with E-state index in [-0.39, 0.29) is 5.69 Å². The van der Waals surface area contributed by atoms with Crippen LogP contribution < -0.4 is 5.69 Å². The van der Waals surface area contributed by atoms with Gasteiger partial charge in [-0.3, -0.25) is 0 Å².